The molecule has 5 nitrogen and oxygen atoms in total. The molecule has 0 aliphatic heterocycles. The van der Waals surface area contributed by atoms with Gasteiger partial charge in [-0.2, -0.15) is 0 Å². The quantitative estimate of drug-likeness (QED) is 0.544. The SMILES string of the molecule is Cc1cc(C)c(NC(=O)CN(C)[C@H](C)C(=O)Nc2ccccc2-c2ccccc2)c(C)c1. The fraction of sp³-hybridized carbons (Fsp3) is 0.259. The maximum absolute atomic E-state index is 12.9. The smallest absolute Gasteiger partial charge is 0.241 e. The lowest BCUT2D eigenvalue weighted by Gasteiger charge is -2.24. The van der Waals surface area contributed by atoms with E-state index >= 15 is 0 Å². The number of nitrogens with one attached hydrogen (secondary N) is 2. The largest absolute Gasteiger partial charge is 0.324 e. The van der Waals surface area contributed by atoms with Crippen LogP contribution in [0.25, 0.3) is 11.1 Å². The van der Waals surface area contributed by atoms with E-state index in [1.165, 1.54) is 0 Å². The molecular weight excluding hydrogens is 398 g/mol. The third kappa shape index (κ3) is 5.62. The van der Waals surface area contributed by atoms with Crippen molar-refractivity contribution in [3.05, 3.63) is 83.4 Å². The number of carbonyl (C=O) groups excluding carboxylic acids is 2. The topological polar surface area (TPSA) is 61.4 Å². The van der Waals surface area contributed by atoms with Crippen molar-refractivity contribution in [3.8, 4) is 11.1 Å². The van der Waals surface area contributed by atoms with Crippen molar-refractivity contribution in [2.45, 2.75) is 33.7 Å². The monoisotopic (exact) mass is 429 g/mol. The van der Waals surface area contributed by atoms with Crippen molar-refractivity contribution in [1.29, 1.82) is 0 Å². The van der Waals surface area contributed by atoms with Gasteiger partial charge in [0.15, 0.2) is 0 Å². The van der Waals surface area contributed by atoms with Gasteiger partial charge in [-0.1, -0.05) is 66.2 Å². The average Bonchev–Trinajstić information content (AvgIpc) is 2.76. The molecule has 0 saturated heterocycles. The first-order valence-corrected chi connectivity index (χ1v) is 10.8. The number of anilines is 2. The van der Waals surface area contributed by atoms with Crippen molar-refractivity contribution in [2.75, 3.05) is 24.2 Å². The summed E-state index contributed by atoms with van der Waals surface area (Å²) in [6.45, 7) is 7.92. The molecule has 1 atom stereocenters. The molecule has 0 bridgehead atoms. The van der Waals surface area contributed by atoms with Crippen molar-refractivity contribution in [3.63, 3.8) is 0 Å². The number of nitrogens with zero attached hydrogens (tertiary/aromatic N) is 1. The second-order valence-corrected chi connectivity index (χ2v) is 8.31. The molecule has 3 rings (SSSR count). The van der Waals surface area contributed by atoms with Crippen LogP contribution in [0.2, 0.25) is 0 Å². The molecule has 3 aromatic carbocycles. The summed E-state index contributed by atoms with van der Waals surface area (Å²) in [6.07, 6.45) is 0. The Labute approximate surface area is 190 Å². The summed E-state index contributed by atoms with van der Waals surface area (Å²) in [5.74, 6) is -0.307. The fourth-order valence-corrected chi connectivity index (χ4v) is 3.82. The standard InChI is InChI=1S/C27H31N3O2/c1-18-15-19(2)26(20(3)16-18)29-25(31)17-30(5)21(4)27(32)28-24-14-10-9-13-23(24)22-11-7-6-8-12-22/h6-16,21H,17H2,1-5H3,(H,28,32)(H,29,31)/t21-/m1/s1. The van der Waals surface area contributed by atoms with Crippen LogP contribution in [0.5, 0.6) is 0 Å². The fourth-order valence-electron chi connectivity index (χ4n) is 3.82. The predicted molar refractivity (Wildman–Crippen MR) is 132 cm³/mol. The number of aryl methyl sites for hydroxylation is 3. The van der Waals surface area contributed by atoms with Crippen LogP contribution in [-0.4, -0.2) is 36.3 Å². The number of carbonyl (C=O) groups is 2. The minimum absolute atomic E-state index is 0.113. The Bertz CT molecular complexity index is 1090. The zero-order valence-corrected chi connectivity index (χ0v) is 19.4. The van der Waals surface area contributed by atoms with Crippen LogP contribution >= 0.6 is 0 Å². The van der Waals surface area contributed by atoms with Gasteiger partial charge >= 0.3 is 0 Å². The Hall–Kier alpha value is -3.44. The van der Waals surface area contributed by atoms with E-state index in [-0.39, 0.29) is 18.4 Å². The van der Waals surface area contributed by atoms with Gasteiger partial charge in [-0.05, 0) is 57.5 Å². The molecule has 0 unspecified atom stereocenters. The zero-order chi connectivity index (χ0) is 23.3. The molecule has 0 aliphatic carbocycles. The Kier molecular flexibility index (Phi) is 7.44. The highest BCUT2D eigenvalue weighted by Crippen LogP contribution is 2.28. The predicted octanol–water partition coefficient (Wildman–Crippen LogP) is 5.18. The normalized spacial score (nSPS) is 11.8. The van der Waals surface area contributed by atoms with Crippen LogP contribution in [0.15, 0.2) is 66.7 Å². The minimum Gasteiger partial charge on any atom is -0.324 e. The average molecular weight is 430 g/mol. The first-order valence-electron chi connectivity index (χ1n) is 10.8. The molecule has 0 saturated carbocycles. The Morgan fingerprint density at radius 1 is 0.875 bits per heavy atom. The third-order valence-electron chi connectivity index (χ3n) is 5.64. The molecule has 0 heterocycles. The molecule has 0 spiro atoms. The van der Waals surface area contributed by atoms with Crippen molar-refractivity contribution < 1.29 is 9.59 Å². The van der Waals surface area contributed by atoms with E-state index in [1.54, 1.807) is 18.9 Å². The number of benzene rings is 3. The van der Waals surface area contributed by atoms with Crippen LogP contribution < -0.4 is 10.6 Å². The number of likely N-dealkylation sites (N-methyl/N-ethyl adjacent to an activating group) is 1. The summed E-state index contributed by atoms with van der Waals surface area (Å²) in [6, 6.07) is 21.3. The van der Waals surface area contributed by atoms with E-state index < -0.39 is 6.04 Å². The first-order chi connectivity index (χ1) is 15.3. The van der Waals surface area contributed by atoms with Crippen LogP contribution in [-0.2, 0) is 9.59 Å². The molecule has 2 N–H and O–H groups in total. The van der Waals surface area contributed by atoms with Gasteiger partial charge in [0.1, 0.15) is 0 Å². The molecule has 0 radical (unpaired) electrons. The van der Waals surface area contributed by atoms with Gasteiger partial charge < -0.3 is 10.6 Å². The Morgan fingerprint density at radius 3 is 2.12 bits per heavy atom. The lowest BCUT2D eigenvalue weighted by atomic mass is 10.0. The maximum atomic E-state index is 12.9. The summed E-state index contributed by atoms with van der Waals surface area (Å²) in [5.41, 5.74) is 6.80. The molecule has 0 aliphatic rings. The Balaban J connectivity index is 1.65. The highest BCUT2D eigenvalue weighted by molar-refractivity contribution is 5.99. The van der Waals surface area contributed by atoms with E-state index in [0.29, 0.717) is 0 Å². The highest BCUT2D eigenvalue weighted by atomic mass is 16.2. The van der Waals surface area contributed by atoms with Gasteiger partial charge in [-0.3, -0.25) is 14.5 Å². The zero-order valence-electron chi connectivity index (χ0n) is 19.4. The number of hydrogen-bond acceptors (Lipinski definition) is 3. The van der Waals surface area contributed by atoms with E-state index in [0.717, 1.165) is 39.2 Å². The molecule has 0 aromatic heterocycles. The molecule has 166 valence electrons. The van der Waals surface area contributed by atoms with E-state index in [9.17, 15) is 9.59 Å². The maximum Gasteiger partial charge on any atom is 0.241 e. The van der Waals surface area contributed by atoms with E-state index in [2.05, 4.69) is 10.6 Å². The van der Waals surface area contributed by atoms with Gasteiger partial charge in [0.2, 0.25) is 11.8 Å². The second kappa shape index (κ2) is 10.2. The lowest BCUT2D eigenvalue weighted by molar-refractivity contribution is -0.122. The number of hydrogen-bond donors (Lipinski definition) is 2. The summed E-state index contributed by atoms with van der Waals surface area (Å²) in [5, 5.41) is 6.02. The van der Waals surface area contributed by atoms with E-state index in [4.69, 9.17) is 0 Å². The Morgan fingerprint density at radius 2 is 1.47 bits per heavy atom. The highest BCUT2D eigenvalue weighted by Gasteiger charge is 2.21. The van der Waals surface area contributed by atoms with Crippen LogP contribution in [0, 0.1) is 20.8 Å². The number of para-hydroxylation sites is 1. The summed E-state index contributed by atoms with van der Waals surface area (Å²) in [7, 11) is 1.78. The van der Waals surface area contributed by atoms with Gasteiger partial charge in [0.25, 0.3) is 0 Å². The molecule has 0 fully saturated rings. The second-order valence-electron chi connectivity index (χ2n) is 8.31. The van der Waals surface area contributed by atoms with E-state index in [1.807, 2.05) is 87.5 Å². The van der Waals surface area contributed by atoms with Crippen molar-refractivity contribution >= 4 is 23.2 Å². The molecule has 2 amide bonds. The third-order valence-corrected chi connectivity index (χ3v) is 5.64. The van der Waals surface area contributed by atoms with Crippen molar-refractivity contribution in [2.24, 2.45) is 0 Å². The van der Waals surface area contributed by atoms with Crippen LogP contribution in [0.1, 0.15) is 23.6 Å². The van der Waals surface area contributed by atoms with Crippen LogP contribution in [0.4, 0.5) is 11.4 Å². The van der Waals surface area contributed by atoms with Gasteiger partial charge in [-0.25, -0.2) is 0 Å². The summed E-state index contributed by atoms with van der Waals surface area (Å²) in [4.78, 5) is 27.3. The number of rotatable bonds is 7. The summed E-state index contributed by atoms with van der Waals surface area (Å²) < 4.78 is 0. The van der Waals surface area contributed by atoms with Gasteiger partial charge in [0, 0.05) is 16.9 Å². The van der Waals surface area contributed by atoms with Gasteiger partial charge in [-0.15, -0.1) is 0 Å². The van der Waals surface area contributed by atoms with Crippen molar-refractivity contribution in [1.82, 2.24) is 4.90 Å². The molecule has 5 heteroatoms. The molecule has 3 aromatic rings. The lowest BCUT2D eigenvalue weighted by Crippen LogP contribution is -2.43. The molecule has 32 heavy (non-hydrogen) atoms. The number of amides is 2. The minimum atomic E-state index is -0.482. The van der Waals surface area contributed by atoms with Gasteiger partial charge in [0.05, 0.1) is 12.6 Å². The summed E-state index contributed by atoms with van der Waals surface area (Å²) >= 11 is 0. The molecular formula is C27H31N3O2. The van der Waals surface area contributed by atoms with Crippen LogP contribution in [0.3, 0.4) is 0 Å². The first kappa shape index (κ1) is 23.2.